The number of nitrogens with zero attached hydrogens (tertiary/aromatic N) is 8. The molecule has 0 radical (unpaired) electrons. The largest absolute Gasteiger partial charge is 0.368 e. The van der Waals surface area contributed by atoms with Crippen molar-refractivity contribution in [1.82, 2.24) is 34.8 Å². The quantitative estimate of drug-likeness (QED) is 0.289. The second kappa shape index (κ2) is 13.5. The van der Waals surface area contributed by atoms with Gasteiger partial charge in [0.05, 0.1) is 28.9 Å². The van der Waals surface area contributed by atoms with E-state index < -0.39 is 35.7 Å². The first-order chi connectivity index (χ1) is 26.5. The molecule has 2 atom stereocenters. The normalized spacial score (nSPS) is 21.5. The molecular formula is C39H38ClN9O5S. The molecule has 4 aromatic rings. The smallest absolute Gasteiger partial charge is 0.264 e. The summed E-state index contributed by atoms with van der Waals surface area (Å²) in [6, 6.07) is 11.5. The number of piperidine rings is 1. The van der Waals surface area contributed by atoms with Crippen LogP contribution in [0.4, 0.5) is 5.69 Å². The molecule has 0 saturated carbocycles. The molecule has 9 rings (SSSR count). The lowest BCUT2D eigenvalue weighted by atomic mass is 9.99. The number of carbonyl (C=O) groups is 5. The Kier molecular flexibility index (Phi) is 8.70. The molecule has 5 aliphatic rings. The summed E-state index contributed by atoms with van der Waals surface area (Å²) >= 11 is 7.94. The van der Waals surface area contributed by atoms with Gasteiger partial charge < -0.3 is 9.80 Å². The summed E-state index contributed by atoms with van der Waals surface area (Å²) in [7, 11) is 0. The summed E-state index contributed by atoms with van der Waals surface area (Å²) in [5, 5.41) is 12.9. The number of amides is 5. The molecule has 0 aliphatic carbocycles. The first kappa shape index (κ1) is 35.5. The molecule has 0 spiro atoms. The number of benzene rings is 2. The minimum Gasteiger partial charge on any atom is -0.368 e. The van der Waals surface area contributed by atoms with Crippen LogP contribution < -0.4 is 10.2 Å². The Hall–Kier alpha value is -5.25. The zero-order valence-electron chi connectivity index (χ0n) is 30.5. The van der Waals surface area contributed by atoms with E-state index in [1.807, 2.05) is 42.2 Å². The number of nitrogens with one attached hydrogen (secondary N) is 1. The molecule has 5 aliphatic heterocycles. The molecular weight excluding hydrogens is 742 g/mol. The summed E-state index contributed by atoms with van der Waals surface area (Å²) in [5.41, 5.74) is 5.14. The van der Waals surface area contributed by atoms with E-state index in [0.29, 0.717) is 61.4 Å². The van der Waals surface area contributed by atoms with E-state index in [0.717, 1.165) is 38.1 Å². The summed E-state index contributed by atoms with van der Waals surface area (Å²) in [6.07, 6.45) is 0.336. The predicted molar refractivity (Wildman–Crippen MR) is 205 cm³/mol. The number of rotatable bonds is 6. The number of piperazine rings is 1. The van der Waals surface area contributed by atoms with Crippen LogP contribution in [0.2, 0.25) is 5.02 Å². The van der Waals surface area contributed by atoms with Crippen LogP contribution in [-0.4, -0.2) is 116 Å². The zero-order valence-corrected chi connectivity index (χ0v) is 32.1. The average Bonchev–Trinajstić information content (AvgIpc) is 3.73. The number of halogens is 1. The van der Waals surface area contributed by atoms with Gasteiger partial charge in [0.2, 0.25) is 17.7 Å². The first-order valence-corrected chi connectivity index (χ1v) is 19.7. The molecule has 5 amide bonds. The van der Waals surface area contributed by atoms with E-state index in [9.17, 15) is 24.0 Å². The summed E-state index contributed by atoms with van der Waals surface area (Å²) < 4.78 is 2.06. The van der Waals surface area contributed by atoms with Gasteiger partial charge in [-0.1, -0.05) is 29.8 Å². The third-order valence-electron chi connectivity index (χ3n) is 11.6. The molecule has 55 heavy (non-hydrogen) atoms. The lowest BCUT2D eigenvalue weighted by molar-refractivity contribution is -0.136. The highest BCUT2D eigenvalue weighted by Crippen LogP contribution is 2.40. The van der Waals surface area contributed by atoms with Crippen LogP contribution >= 0.6 is 22.9 Å². The monoisotopic (exact) mass is 779 g/mol. The lowest BCUT2D eigenvalue weighted by Crippen LogP contribution is -2.63. The van der Waals surface area contributed by atoms with Crippen LogP contribution in [0.15, 0.2) is 47.5 Å². The van der Waals surface area contributed by atoms with E-state index in [1.54, 1.807) is 23.5 Å². The third kappa shape index (κ3) is 5.87. The van der Waals surface area contributed by atoms with Gasteiger partial charge in [-0.3, -0.25) is 48.6 Å². The Morgan fingerprint density at radius 3 is 2.40 bits per heavy atom. The molecule has 14 nitrogen and oxygen atoms in total. The SMILES string of the molecule is Cc1sc2c(c1C)C(c1ccc(Cl)cc1)=N[C@@H](CC(=O)N1CCN(C3CN(c4cccc5c4C(=O)N(C4CCC(=O)NC4=O)C5=O)C3)CC1)c1nnc(C)n1-2. The molecule has 3 saturated heterocycles. The van der Waals surface area contributed by atoms with Crippen LogP contribution in [-0.2, 0) is 14.4 Å². The fourth-order valence-electron chi connectivity index (χ4n) is 8.41. The predicted octanol–water partition coefficient (Wildman–Crippen LogP) is 3.62. The van der Waals surface area contributed by atoms with Gasteiger partial charge in [0, 0.05) is 72.8 Å². The van der Waals surface area contributed by atoms with Crippen molar-refractivity contribution in [2.45, 2.75) is 58.2 Å². The highest BCUT2D eigenvalue weighted by Gasteiger charge is 2.47. The third-order valence-corrected chi connectivity index (χ3v) is 13.0. The minimum absolute atomic E-state index is 0.00745. The minimum atomic E-state index is -1.01. The van der Waals surface area contributed by atoms with Gasteiger partial charge in [-0.25, -0.2) is 0 Å². The van der Waals surface area contributed by atoms with Crippen molar-refractivity contribution >= 4 is 63.9 Å². The van der Waals surface area contributed by atoms with Crippen molar-refractivity contribution in [1.29, 1.82) is 0 Å². The van der Waals surface area contributed by atoms with Crippen LogP contribution in [0.5, 0.6) is 0 Å². The molecule has 7 heterocycles. The molecule has 3 fully saturated rings. The second-order valence-electron chi connectivity index (χ2n) is 14.7. The van der Waals surface area contributed by atoms with Crippen LogP contribution in [0, 0.1) is 20.8 Å². The fraction of sp³-hybridized carbons (Fsp3) is 0.385. The number of thiophene rings is 1. The Balaban J connectivity index is 0.873. The molecule has 2 aromatic heterocycles. The Morgan fingerprint density at radius 2 is 1.67 bits per heavy atom. The van der Waals surface area contributed by atoms with Crippen molar-refractivity contribution in [2.75, 3.05) is 44.2 Å². The zero-order chi connectivity index (χ0) is 38.3. The highest BCUT2D eigenvalue weighted by molar-refractivity contribution is 7.15. The van der Waals surface area contributed by atoms with E-state index in [4.69, 9.17) is 16.6 Å². The Morgan fingerprint density at radius 1 is 0.927 bits per heavy atom. The Bertz CT molecular complexity index is 2340. The van der Waals surface area contributed by atoms with Crippen LogP contribution in [0.25, 0.3) is 5.00 Å². The average molecular weight is 780 g/mol. The van der Waals surface area contributed by atoms with Gasteiger partial charge in [-0.05, 0) is 57.0 Å². The number of anilines is 1. The number of hydrogen-bond donors (Lipinski definition) is 1. The number of fused-ring (bicyclic) bond motifs is 4. The van der Waals surface area contributed by atoms with Gasteiger partial charge in [0.1, 0.15) is 22.9 Å². The molecule has 16 heteroatoms. The van der Waals surface area contributed by atoms with E-state index in [2.05, 4.69) is 43.7 Å². The number of carbonyl (C=O) groups excluding carboxylic acids is 5. The maximum atomic E-state index is 14.0. The number of imide groups is 2. The van der Waals surface area contributed by atoms with Crippen LogP contribution in [0.1, 0.15) is 79.2 Å². The van der Waals surface area contributed by atoms with Gasteiger partial charge in [0.25, 0.3) is 11.8 Å². The molecule has 1 unspecified atom stereocenters. The lowest BCUT2D eigenvalue weighted by Gasteiger charge is -2.49. The van der Waals surface area contributed by atoms with Crippen molar-refractivity contribution in [3.8, 4) is 5.00 Å². The maximum absolute atomic E-state index is 14.0. The topological polar surface area (TPSA) is 153 Å². The summed E-state index contributed by atoms with van der Waals surface area (Å²) in [4.78, 5) is 79.1. The molecule has 282 valence electrons. The van der Waals surface area contributed by atoms with Crippen molar-refractivity contribution in [2.24, 2.45) is 4.99 Å². The molecule has 1 N–H and O–H groups in total. The second-order valence-corrected chi connectivity index (χ2v) is 16.4. The standard InChI is InChI=1S/C39H38ClN9O5S/c1-20-21(2)55-39-32(20)34(23-7-9-24(40)10-8-23)41-27(35-44-43-22(3)48(35)39)17-31(51)46-15-13-45(14-16-46)25-18-47(19-25)28-6-4-5-26-33(28)38(54)49(37(26)53)29-11-12-30(50)42-36(29)52/h4-10,25,27,29H,11-19H2,1-3H3,(H,42,50,52)/t27-,29?/m0/s1. The first-order valence-electron chi connectivity index (χ1n) is 18.5. The van der Waals surface area contributed by atoms with Gasteiger partial charge in [-0.15, -0.1) is 21.5 Å². The number of aromatic nitrogens is 3. The fourth-order valence-corrected chi connectivity index (χ4v) is 9.75. The summed E-state index contributed by atoms with van der Waals surface area (Å²) in [5.74, 6) is -0.648. The molecule has 0 bridgehead atoms. The van der Waals surface area contributed by atoms with Crippen molar-refractivity contribution < 1.29 is 24.0 Å². The van der Waals surface area contributed by atoms with Gasteiger partial charge >= 0.3 is 0 Å². The van der Waals surface area contributed by atoms with Gasteiger partial charge in [0.15, 0.2) is 5.82 Å². The maximum Gasteiger partial charge on any atom is 0.264 e. The Labute approximate surface area is 325 Å². The van der Waals surface area contributed by atoms with E-state index >= 15 is 0 Å². The van der Waals surface area contributed by atoms with E-state index in [1.165, 1.54) is 4.88 Å². The van der Waals surface area contributed by atoms with Crippen LogP contribution in [0.3, 0.4) is 0 Å². The van der Waals surface area contributed by atoms with Crippen molar-refractivity contribution in [3.05, 3.63) is 91.8 Å². The molecule has 2 aromatic carbocycles. The summed E-state index contributed by atoms with van der Waals surface area (Å²) in [6.45, 7) is 10.00. The highest BCUT2D eigenvalue weighted by atomic mass is 35.5. The number of aryl methyl sites for hydroxylation is 2. The number of hydrogen-bond acceptors (Lipinski definition) is 11. The van der Waals surface area contributed by atoms with Gasteiger partial charge in [-0.2, -0.15) is 0 Å². The number of aliphatic imine (C=N–C) groups is 1. The van der Waals surface area contributed by atoms with E-state index in [-0.39, 0.29) is 36.8 Å². The van der Waals surface area contributed by atoms with Crippen molar-refractivity contribution in [3.63, 3.8) is 0 Å².